The number of ether oxygens (including phenoxy) is 1. The minimum Gasteiger partial charge on any atom is -0.497 e. The number of methoxy groups -OCH3 is 1. The highest BCUT2D eigenvalue weighted by Gasteiger charge is 2.06. The number of carbonyl (C=O) groups is 1. The van der Waals surface area contributed by atoms with E-state index >= 15 is 0 Å². The molecule has 2 N–H and O–H groups in total. The summed E-state index contributed by atoms with van der Waals surface area (Å²) >= 11 is 1.66. The molecule has 6 heteroatoms. The molecule has 21 heavy (non-hydrogen) atoms. The number of thiazole rings is 1. The van der Waals surface area contributed by atoms with Crippen LogP contribution in [0.3, 0.4) is 0 Å². The van der Waals surface area contributed by atoms with E-state index in [0.29, 0.717) is 0 Å². The minimum absolute atomic E-state index is 0.333. The molecule has 0 aliphatic carbocycles. The summed E-state index contributed by atoms with van der Waals surface area (Å²) in [5.74, 6) is 0.500. The zero-order valence-corrected chi connectivity index (χ0v) is 12.6. The van der Waals surface area contributed by atoms with E-state index in [1.807, 2.05) is 36.5 Å². The van der Waals surface area contributed by atoms with E-state index < -0.39 is 0 Å². The lowest BCUT2D eigenvalue weighted by Gasteiger charge is -1.96. The molecular formula is C15H15N3O2S. The number of pyridine rings is 1. The molecule has 0 spiro atoms. The number of amides is 1. The molecule has 0 saturated heterocycles. The van der Waals surface area contributed by atoms with Gasteiger partial charge in [0.25, 0.3) is 0 Å². The molecule has 0 atom stereocenters. The van der Waals surface area contributed by atoms with Gasteiger partial charge in [-0.25, -0.2) is 4.98 Å². The van der Waals surface area contributed by atoms with Crippen LogP contribution in [0.5, 0.6) is 5.75 Å². The van der Waals surface area contributed by atoms with Gasteiger partial charge in [-0.2, -0.15) is 0 Å². The first-order chi connectivity index (χ1) is 10.1. The van der Waals surface area contributed by atoms with Crippen LogP contribution in [0.25, 0.3) is 20.8 Å². The third-order valence-electron chi connectivity index (χ3n) is 2.50. The van der Waals surface area contributed by atoms with Gasteiger partial charge in [-0.05, 0) is 24.3 Å². The van der Waals surface area contributed by atoms with Crippen molar-refractivity contribution in [2.75, 3.05) is 7.11 Å². The van der Waals surface area contributed by atoms with Crippen LogP contribution in [0.4, 0.5) is 0 Å². The van der Waals surface area contributed by atoms with Crippen molar-refractivity contribution in [1.82, 2.24) is 9.97 Å². The van der Waals surface area contributed by atoms with E-state index in [9.17, 15) is 4.79 Å². The van der Waals surface area contributed by atoms with Crippen molar-refractivity contribution in [3.8, 4) is 16.3 Å². The van der Waals surface area contributed by atoms with E-state index in [-0.39, 0.29) is 5.91 Å². The zero-order valence-electron chi connectivity index (χ0n) is 11.7. The van der Waals surface area contributed by atoms with Gasteiger partial charge in [0, 0.05) is 30.9 Å². The molecule has 0 unspecified atom stereocenters. The standard InChI is InChI=1S/C13H10N2OS.C2H5NO/c1-16-10-4-5-12-11(7-10)15-13(17-12)9-3-2-6-14-8-9;1-2(3)4/h2-8H,1H3;1H3,(H2,3,4). The Morgan fingerprint density at radius 1 is 1.33 bits per heavy atom. The first-order valence-electron chi connectivity index (χ1n) is 6.21. The van der Waals surface area contributed by atoms with Crippen LogP contribution in [0.15, 0.2) is 42.7 Å². The van der Waals surface area contributed by atoms with Gasteiger partial charge < -0.3 is 10.5 Å². The zero-order chi connectivity index (χ0) is 15.2. The molecule has 3 aromatic rings. The van der Waals surface area contributed by atoms with Crippen LogP contribution in [-0.2, 0) is 4.79 Å². The molecule has 0 radical (unpaired) electrons. The van der Waals surface area contributed by atoms with E-state index in [1.54, 1.807) is 24.6 Å². The fourth-order valence-electron chi connectivity index (χ4n) is 1.65. The van der Waals surface area contributed by atoms with Crippen molar-refractivity contribution in [2.45, 2.75) is 6.92 Å². The second kappa shape index (κ2) is 6.81. The lowest BCUT2D eigenvalue weighted by atomic mass is 10.3. The van der Waals surface area contributed by atoms with Crippen LogP contribution >= 0.6 is 11.3 Å². The second-order valence-corrected chi connectivity index (χ2v) is 5.24. The summed E-state index contributed by atoms with van der Waals surface area (Å²) in [4.78, 5) is 17.9. The van der Waals surface area contributed by atoms with Gasteiger partial charge in [0.05, 0.1) is 17.3 Å². The Bertz CT molecular complexity index is 737. The predicted octanol–water partition coefficient (Wildman–Crippen LogP) is 2.86. The molecule has 0 bridgehead atoms. The summed E-state index contributed by atoms with van der Waals surface area (Å²) in [6.45, 7) is 1.31. The number of nitrogens with zero attached hydrogens (tertiary/aromatic N) is 2. The Labute approximate surface area is 126 Å². The summed E-state index contributed by atoms with van der Waals surface area (Å²) in [7, 11) is 1.66. The van der Waals surface area contributed by atoms with Gasteiger partial charge in [-0.15, -0.1) is 11.3 Å². The first kappa shape index (κ1) is 14.9. The van der Waals surface area contributed by atoms with Gasteiger partial charge >= 0.3 is 0 Å². The molecule has 0 aliphatic heterocycles. The van der Waals surface area contributed by atoms with Crippen molar-refractivity contribution in [2.24, 2.45) is 5.73 Å². The highest BCUT2D eigenvalue weighted by molar-refractivity contribution is 7.21. The number of benzene rings is 1. The monoisotopic (exact) mass is 301 g/mol. The van der Waals surface area contributed by atoms with Crippen molar-refractivity contribution in [3.63, 3.8) is 0 Å². The van der Waals surface area contributed by atoms with E-state index in [2.05, 4.69) is 15.7 Å². The number of carbonyl (C=O) groups excluding carboxylic acids is 1. The number of hydrogen-bond acceptors (Lipinski definition) is 5. The Balaban J connectivity index is 0.000000361. The maximum absolute atomic E-state index is 9.22. The first-order valence-corrected chi connectivity index (χ1v) is 7.03. The SMILES string of the molecule is CC(N)=O.COc1ccc2sc(-c3cccnc3)nc2c1. The van der Waals surface area contributed by atoms with Gasteiger partial charge in [-0.1, -0.05) is 0 Å². The second-order valence-electron chi connectivity index (χ2n) is 4.21. The van der Waals surface area contributed by atoms with Crippen molar-refractivity contribution >= 4 is 27.5 Å². The number of fused-ring (bicyclic) bond motifs is 1. The van der Waals surface area contributed by atoms with Gasteiger partial charge in [0.15, 0.2) is 0 Å². The number of nitrogens with two attached hydrogens (primary N) is 1. The predicted molar refractivity (Wildman–Crippen MR) is 84.3 cm³/mol. The van der Waals surface area contributed by atoms with Crippen molar-refractivity contribution < 1.29 is 9.53 Å². The number of rotatable bonds is 2. The molecule has 3 rings (SSSR count). The molecular weight excluding hydrogens is 286 g/mol. The average molecular weight is 301 g/mol. The normalized spacial score (nSPS) is 9.81. The minimum atomic E-state index is -0.333. The van der Waals surface area contributed by atoms with Crippen molar-refractivity contribution in [3.05, 3.63) is 42.7 Å². The fraction of sp³-hybridized carbons (Fsp3) is 0.133. The lowest BCUT2D eigenvalue weighted by molar-refractivity contribution is -0.115. The number of hydrogen-bond donors (Lipinski definition) is 1. The molecule has 0 fully saturated rings. The summed E-state index contributed by atoms with van der Waals surface area (Å²) in [5, 5.41) is 0.987. The highest BCUT2D eigenvalue weighted by atomic mass is 32.1. The summed E-state index contributed by atoms with van der Waals surface area (Å²) in [6, 6.07) is 9.87. The van der Waals surface area contributed by atoms with Crippen molar-refractivity contribution in [1.29, 1.82) is 0 Å². The third kappa shape index (κ3) is 4.00. The number of primary amides is 1. The number of aromatic nitrogens is 2. The maximum atomic E-state index is 9.22. The van der Waals surface area contributed by atoms with Gasteiger partial charge in [-0.3, -0.25) is 9.78 Å². The quantitative estimate of drug-likeness (QED) is 0.789. The molecule has 2 aromatic heterocycles. The molecule has 108 valence electrons. The lowest BCUT2D eigenvalue weighted by Crippen LogP contribution is -2.01. The topological polar surface area (TPSA) is 78.1 Å². The fourth-order valence-corrected chi connectivity index (χ4v) is 2.58. The van der Waals surface area contributed by atoms with E-state index in [1.165, 1.54) is 6.92 Å². The summed E-state index contributed by atoms with van der Waals surface area (Å²) < 4.78 is 6.35. The Hall–Kier alpha value is -2.47. The Kier molecular flexibility index (Phi) is 4.84. The van der Waals surface area contributed by atoms with Crippen LogP contribution in [0.2, 0.25) is 0 Å². The highest BCUT2D eigenvalue weighted by Crippen LogP contribution is 2.31. The molecule has 2 heterocycles. The molecule has 5 nitrogen and oxygen atoms in total. The molecule has 1 aromatic carbocycles. The summed E-state index contributed by atoms with van der Waals surface area (Å²) in [6.07, 6.45) is 3.59. The average Bonchev–Trinajstić information content (AvgIpc) is 2.90. The molecule has 0 aliphatic rings. The third-order valence-corrected chi connectivity index (χ3v) is 3.59. The van der Waals surface area contributed by atoms with Crippen LogP contribution < -0.4 is 10.5 Å². The summed E-state index contributed by atoms with van der Waals surface area (Å²) in [5.41, 5.74) is 6.49. The van der Waals surface area contributed by atoms with E-state index in [0.717, 1.165) is 26.5 Å². The molecule has 1 amide bonds. The Morgan fingerprint density at radius 3 is 2.71 bits per heavy atom. The van der Waals surface area contributed by atoms with E-state index in [4.69, 9.17) is 4.74 Å². The van der Waals surface area contributed by atoms with Crippen LogP contribution in [0, 0.1) is 0 Å². The Morgan fingerprint density at radius 2 is 2.10 bits per heavy atom. The smallest absolute Gasteiger partial charge is 0.214 e. The van der Waals surface area contributed by atoms with Crippen LogP contribution in [-0.4, -0.2) is 23.0 Å². The largest absolute Gasteiger partial charge is 0.497 e. The molecule has 0 saturated carbocycles. The maximum Gasteiger partial charge on any atom is 0.214 e. The van der Waals surface area contributed by atoms with Gasteiger partial charge in [0.2, 0.25) is 5.91 Å². The van der Waals surface area contributed by atoms with Gasteiger partial charge in [0.1, 0.15) is 10.8 Å². The van der Waals surface area contributed by atoms with Crippen LogP contribution in [0.1, 0.15) is 6.92 Å².